The number of halogens is 1. The Labute approximate surface area is 152 Å². The van der Waals surface area contributed by atoms with Crippen LogP contribution in [0.1, 0.15) is 43.0 Å². The number of benzene rings is 1. The quantitative estimate of drug-likeness (QED) is 0.697. The molecule has 1 fully saturated rings. The molecule has 24 heavy (non-hydrogen) atoms. The van der Waals surface area contributed by atoms with Crippen LogP contribution in [0.5, 0.6) is 0 Å². The van der Waals surface area contributed by atoms with Gasteiger partial charge in [-0.2, -0.15) is 0 Å². The van der Waals surface area contributed by atoms with Crippen LogP contribution in [0.2, 0.25) is 0 Å². The van der Waals surface area contributed by atoms with Crippen LogP contribution < -0.4 is 10.6 Å². The fraction of sp³-hybridized carbons (Fsp3) is 0.556. The van der Waals surface area contributed by atoms with E-state index >= 15 is 0 Å². The molecule has 0 unspecified atom stereocenters. The number of rotatable bonds is 7. The number of nitrogens with one attached hydrogen (secondary N) is 2. The second kappa shape index (κ2) is 9.79. The van der Waals surface area contributed by atoms with Gasteiger partial charge in [-0.3, -0.25) is 9.59 Å². The Morgan fingerprint density at radius 3 is 2.67 bits per heavy atom. The van der Waals surface area contributed by atoms with Crippen molar-refractivity contribution >= 4 is 27.7 Å². The Bertz CT molecular complexity index is 548. The number of amides is 2. The number of carbonyl (C=O) groups excluding carboxylic acids is 2. The summed E-state index contributed by atoms with van der Waals surface area (Å²) in [6.45, 7) is 5.12. The monoisotopic (exact) mass is 395 g/mol. The lowest BCUT2D eigenvalue weighted by molar-refractivity contribution is -0.120. The number of carbonyl (C=O) groups is 2. The molecule has 0 bridgehead atoms. The zero-order chi connectivity index (χ0) is 17.4. The minimum atomic E-state index is -0.236. The molecule has 1 saturated heterocycles. The highest BCUT2D eigenvalue weighted by atomic mass is 79.9. The van der Waals surface area contributed by atoms with Gasteiger partial charge in [0.05, 0.1) is 6.54 Å². The molecule has 0 saturated carbocycles. The largest absolute Gasteiger partial charge is 0.355 e. The first-order chi connectivity index (χ1) is 11.6. The van der Waals surface area contributed by atoms with Crippen molar-refractivity contribution in [3.8, 4) is 0 Å². The normalized spacial score (nSPS) is 18.2. The first kappa shape index (κ1) is 18.9. The third-order valence-electron chi connectivity index (χ3n) is 4.40. The van der Waals surface area contributed by atoms with Crippen molar-refractivity contribution in [1.29, 1.82) is 0 Å². The Morgan fingerprint density at radius 1 is 1.21 bits per heavy atom. The summed E-state index contributed by atoms with van der Waals surface area (Å²) in [5, 5.41) is 5.50. The molecule has 1 aliphatic heterocycles. The molecule has 6 heteroatoms. The highest BCUT2D eigenvalue weighted by Gasteiger charge is 2.17. The summed E-state index contributed by atoms with van der Waals surface area (Å²) in [7, 11) is 0. The molecule has 5 nitrogen and oxygen atoms in total. The van der Waals surface area contributed by atoms with Crippen molar-refractivity contribution in [3.63, 3.8) is 0 Å². The Morgan fingerprint density at radius 2 is 1.96 bits per heavy atom. The van der Waals surface area contributed by atoms with Gasteiger partial charge in [0.15, 0.2) is 0 Å². The Kier molecular flexibility index (Phi) is 7.72. The zero-order valence-corrected chi connectivity index (χ0v) is 15.8. The maximum atomic E-state index is 11.9. The van der Waals surface area contributed by atoms with Crippen LogP contribution in [-0.2, 0) is 4.79 Å². The van der Waals surface area contributed by atoms with Crippen LogP contribution in [0.25, 0.3) is 0 Å². The number of hydrogen-bond donors (Lipinski definition) is 2. The van der Waals surface area contributed by atoms with Gasteiger partial charge >= 0.3 is 0 Å². The molecule has 1 aromatic carbocycles. The molecular weight excluding hydrogens is 370 g/mol. The fourth-order valence-corrected chi connectivity index (χ4v) is 3.19. The van der Waals surface area contributed by atoms with E-state index in [4.69, 9.17) is 0 Å². The van der Waals surface area contributed by atoms with Gasteiger partial charge in [-0.05, 0) is 57.0 Å². The van der Waals surface area contributed by atoms with E-state index in [1.165, 1.54) is 25.8 Å². The van der Waals surface area contributed by atoms with Crippen molar-refractivity contribution in [3.05, 3.63) is 34.3 Å². The molecule has 0 aliphatic carbocycles. The summed E-state index contributed by atoms with van der Waals surface area (Å²) in [6.07, 6.45) is 4.82. The van der Waals surface area contributed by atoms with Gasteiger partial charge in [0.25, 0.3) is 5.91 Å². The first-order valence-corrected chi connectivity index (χ1v) is 9.40. The smallest absolute Gasteiger partial charge is 0.251 e. The summed E-state index contributed by atoms with van der Waals surface area (Å²) in [4.78, 5) is 26.2. The van der Waals surface area contributed by atoms with Gasteiger partial charge in [-0.25, -0.2) is 0 Å². The van der Waals surface area contributed by atoms with E-state index in [0.717, 1.165) is 17.4 Å². The van der Waals surface area contributed by atoms with Gasteiger partial charge < -0.3 is 15.5 Å². The number of nitrogens with zero attached hydrogens (tertiary/aromatic N) is 1. The van der Waals surface area contributed by atoms with Crippen molar-refractivity contribution in [2.24, 2.45) is 0 Å². The average molecular weight is 396 g/mol. The number of piperidine rings is 1. The van der Waals surface area contributed by atoms with E-state index < -0.39 is 0 Å². The van der Waals surface area contributed by atoms with Crippen LogP contribution >= 0.6 is 15.9 Å². The predicted octanol–water partition coefficient (Wildman–Crippen LogP) is 2.56. The fourth-order valence-electron chi connectivity index (χ4n) is 2.93. The standard InChI is InChI=1S/C18H26BrN3O2/c1-14-5-2-3-11-22(14)12-4-10-20-17(23)13-21-18(24)15-6-8-16(19)9-7-15/h6-9,14H,2-5,10-13H2,1H3,(H,20,23)(H,21,24)/t14-/m0/s1. The van der Waals surface area contributed by atoms with Crippen molar-refractivity contribution in [2.75, 3.05) is 26.2 Å². The predicted molar refractivity (Wildman–Crippen MR) is 99.0 cm³/mol. The average Bonchev–Trinajstić information content (AvgIpc) is 2.58. The van der Waals surface area contributed by atoms with Gasteiger partial charge in [0, 0.05) is 29.2 Å². The molecule has 2 N–H and O–H groups in total. The van der Waals surface area contributed by atoms with Crippen LogP contribution in [0.4, 0.5) is 0 Å². The zero-order valence-electron chi connectivity index (χ0n) is 14.2. The second-order valence-electron chi connectivity index (χ2n) is 6.27. The lowest BCUT2D eigenvalue weighted by Gasteiger charge is -2.33. The molecular formula is C18H26BrN3O2. The molecule has 0 aromatic heterocycles. The number of likely N-dealkylation sites (tertiary alicyclic amines) is 1. The highest BCUT2D eigenvalue weighted by molar-refractivity contribution is 9.10. The minimum absolute atomic E-state index is 0.00894. The van der Waals surface area contributed by atoms with Crippen LogP contribution in [0, 0.1) is 0 Å². The van der Waals surface area contributed by atoms with Crippen molar-refractivity contribution < 1.29 is 9.59 Å². The molecule has 1 heterocycles. The van der Waals surface area contributed by atoms with E-state index in [9.17, 15) is 9.59 Å². The molecule has 132 valence electrons. The number of hydrogen-bond acceptors (Lipinski definition) is 3. The third-order valence-corrected chi connectivity index (χ3v) is 4.93. The molecule has 1 aliphatic rings. The molecule has 1 aromatic rings. The van der Waals surface area contributed by atoms with Gasteiger partial charge in [-0.1, -0.05) is 22.4 Å². The summed E-state index contributed by atoms with van der Waals surface area (Å²) < 4.78 is 0.916. The topological polar surface area (TPSA) is 61.4 Å². The second-order valence-corrected chi connectivity index (χ2v) is 7.19. The van der Waals surface area contributed by atoms with E-state index in [1.54, 1.807) is 24.3 Å². The minimum Gasteiger partial charge on any atom is -0.355 e. The SMILES string of the molecule is C[C@H]1CCCCN1CCCNC(=O)CNC(=O)c1ccc(Br)cc1. The molecule has 1 atom stereocenters. The highest BCUT2D eigenvalue weighted by Crippen LogP contribution is 2.16. The van der Waals surface area contributed by atoms with Crippen molar-refractivity contribution in [1.82, 2.24) is 15.5 Å². The molecule has 2 amide bonds. The molecule has 0 spiro atoms. The Balaban J connectivity index is 1.59. The third kappa shape index (κ3) is 6.24. The lowest BCUT2D eigenvalue weighted by atomic mass is 10.0. The van der Waals surface area contributed by atoms with E-state index in [-0.39, 0.29) is 18.4 Å². The van der Waals surface area contributed by atoms with E-state index in [2.05, 4.69) is 38.4 Å². The van der Waals surface area contributed by atoms with Crippen molar-refractivity contribution in [2.45, 2.75) is 38.6 Å². The maximum absolute atomic E-state index is 11.9. The Hall–Kier alpha value is -1.40. The van der Waals surface area contributed by atoms with Crippen LogP contribution in [0.3, 0.4) is 0 Å². The summed E-state index contributed by atoms with van der Waals surface area (Å²) in [6, 6.07) is 7.70. The maximum Gasteiger partial charge on any atom is 0.251 e. The summed E-state index contributed by atoms with van der Waals surface area (Å²) in [5.74, 6) is -0.382. The molecule has 2 rings (SSSR count). The van der Waals surface area contributed by atoms with E-state index in [0.29, 0.717) is 18.2 Å². The van der Waals surface area contributed by atoms with Gasteiger partial charge in [-0.15, -0.1) is 0 Å². The van der Waals surface area contributed by atoms with Gasteiger partial charge in [0.2, 0.25) is 5.91 Å². The lowest BCUT2D eigenvalue weighted by Crippen LogP contribution is -2.40. The summed E-state index contributed by atoms with van der Waals surface area (Å²) >= 11 is 3.33. The van der Waals surface area contributed by atoms with Crippen LogP contribution in [0.15, 0.2) is 28.7 Å². The van der Waals surface area contributed by atoms with E-state index in [1.807, 2.05) is 0 Å². The van der Waals surface area contributed by atoms with Gasteiger partial charge in [0.1, 0.15) is 0 Å². The van der Waals surface area contributed by atoms with Crippen LogP contribution in [-0.4, -0.2) is 48.9 Å². The molecule has 0 radical (unpaired) electrons. The first-order valence-electron chi connectivity index (χ1n) is 8.61. The summed E-state index contributed by atoms with van der Waals surface area (Å²) in [5.41, 5.74) is 0.546.